The van der Waals surface area contributed by atoms with Gasteiger partial charge in [-0.3, -0.25) is 0 Å². The molecule has 1 aromatic rings. The highest BCUT2D eigenvalue weighted by molar-refractivity contribution is 5.13. The number of ether oxygens (including phenoxy) is 1. The Morgan fingerprint density at radius 3 is 2.55 bits per heavy atom. The molecule has 1 N–H and O–H groups in total. The van der Waals surface area contributed by atoms with E-state index < -0.39 is 0 Å². The topological polar surface area (TPSA) is 29.5 Å². The highest BCUT2D eigenvalue weighted by Crippen LogP contribution is 2.07. The number of benzene rings is 1. The monoisotopic (exact) mass is 304 g/mol. The van der Waals surface area contributed by atoms with Gasteiger partial charge in [-0.05, 0) is 37.7 Å². The highest BCUT2D eigenvalue weighted by atomic mass is 16.5. The second-order valence-electron chi connectivity index (χ2n) is 5.88. The molecule has 22 heavy (non-hydrogen) atoms. The van der Waals surface area contributed by atoms with E-state index in [9.17, 15) is 5.11 Å². The maximum atomic E-state index is 9.91. The summed E-state index contributed by atoms with van der Waals surface area (Å²) in [5.41, 5.74) is 1.18. The second-order valence-corrected chi connectivity index (χ2v) is 5.88. The fourth-order valence-corrected chi connectivity index (χ4v) is 2.34. The molecule has 0 amide bonds. The molecular formula is C20H32O2. The zero-order chi connectivity index (χ0) is 15.9. The van der Waals surface area contributed by atoms with Crippen molar-refractivity contribution in [2.45, 2.75) is 71.0 Å². The Labute approximate surface area is 136 Å². The molecular weight excluding hydrogens is 272 g/mol. The fraction of sp³-hybridized carbons (Fsp3) is 0.600. The van der Waals surface area contributed by atoms with E-state index in [0.29, 0.717) is 13.2 Å². The van der Waals surface area contributed by atoms with Crippen molar-refractivity contribution in [3.05, 3.63) is 48.0 Å². The predicted molar refractivity (Wildman–Crippen MR) is 93.9 cm³/mol. The van der Waals surface area contributed by atoms with E-state index in [2.05, 4.69) is 31.2 Å². The smallest absolute Gasteiger partial charge is 0.0716 e. The number of rotatable bonds is 13. The van der Waals surface area contributed by atoms with Crippen LogP contribution in [0, 0.1) is 0 Å². The van der Waals surface area contributed by atoms with Gasteiger partial charge in [-0.25, -0.2) is 0 Å². The van der Waals surface area contributed by atoms with Gasteiger partial charge in [-0.15, -0.1) is 0 Å². The number of unbranched alkanes of at least 4 members (excludes halogenated alkanes) is 4. The first-order valence-electron chi connectivity index (χ1n) is 8.77. The lowest BCUT2D eigenvalue weighted by Gasteiger charge is -2.09. The van der Waals surface area contributed by atoms with Gasteiger partial charge in [-0.1, -0.05) is 68.7 Å². The normalized spacial score (nSPS) is 12.8. The summed E-state index contributed by atoms with van der Waals surface area (Å²) in [6, 6.07) is 10.2. The summed E-state index contributed by atoms with van der Waals surface area (Å²) in [6.07, 6.45) is 13.2. The lowest BCUT2D eigenvalue weighted by atomic mass is 10.1. The molecule has 0 aliphatic heterocycles. The van der Waals surface area contributed by atoms with E-state index >= 15 is 0 Å². The molecule has 0 saturated heterocycles. The maximum Gasteiger partial charge on any atom is 0.0716 e. The SMILES string of the molecule is CCCCCC/C=C\CCC(O)CCOCc1ccccc1. The summed E-state index contributed by atoms with van der Waals surface area (Å²) in [6.45, 7) is 3.49. The van der Waals surface area contributed by atoms with Gasteiger partial charge < -0.3 is 9.84 Å². The maximum absolute atomic E-state index is 9.91. The molecule has 0 fully saturated rings. The van der Waals surface area contributed by atoms with Crippen LogP contribution >= 0.6 is 0 Å². The largest absolute Gasteiger partial charge is 0.393 e. The predicted octanol–water partition coefficient (Wildman–Crippen LogP) is 5.26. The minimum atomic E-state index is -0.250. The van der Waals surface area contributed by atoms with Gasteiger partial charge in [0.15, 0.2) is 0 Å². The van der Waals surface area contributed by atoms with Crippen molar-refractivity contribution in [1.29, 1.82) is 0 Å². The van der Waals surface area contributed by atoms with Gasteiger partial charge in [-0.2, -0.15) is 0 Å². The third-order valence-corrected chi connectivity index (χ3v) is 3.76. The molecule has 2 nitrogen and oxygen atoms in total. The van der Waals surface area contributed by atoms with Crippen LogP contribution in [-0.2, 0) is 11.3 Å². The Bertz CT molecular complexity index is 373. The molecule has 2 heteroatoms. The van der Waals surface area contributed by atoms with Crippen molar-refractivity contribution < 1.29 is 9.84 Å². The molecule has 1 aromatic carbocycles. The van der Waals surface area contributed by atoms with Crippen molar-refractivity contribution >= 4 is 0 Å². The number of hydrogen-bond acceptors (Lipinski definition) is 2. The summed E-state index contributed by atoms with van der Waals surface area (Å²) in [7, 11) is 0. The van der Waals surface area contributed by atoms with Crippen LogP contribution in [0.25, 0.3) is 0 Å². The Hall–Kier alpha value is -1.12. The van der Waals surface area contributed by atoms with Crippen molar-refractivity contribution in [1.82, 2.24) is 0 Å². The molecule has 1 unspecified atom stereocenters. The van der Waals surface area contributed by atoms with E-state index in [0.717, 1.165) is 19.3 Å². The molecule has 1 rings (SSSR count). The highest BCUT2D eigenvalue weighted by Gasteiger charge is 2.02. The Morgan fingerprint density at radius 2 is 1.77 bits per heavy atom. The van der Waals surface area contributed by atoms with Crippen molar-refractivity contribution in [3.63, 3.8) is 0 Å². The van der Waals surface area contributed by atoms with Crippen LogP contribution in [0.15, 0.2) is 42.5 Å². The third-order valence-electron chi connectivity index (χ3n) is 3.76. The molecule has 0 spiro atoms. The Balaban J connectivity index is 1.93. The minimum Gasteiger partial charge on any atom is -0.393 e. The first-order chi connectivity index (χ1) is 10.8. The second kappa shape index (κ2) is 13.5. The summed E-state index contributed by atoms with van der Waals surface area (Å²) in [5, 5.41) is 9.91. The van der Waals surface area contributed by atoms with Crippen LogP contribution in [-0.4, -0.2) is 17.8 Å². The quantitative estimate of drug-likeness (QED) is 0.398. The molecule has 0 aliphatic rings. The van der Waals surface area contributed by atoms with Crippen molar-refractivity contribution in [3.8, 4) is 0 Å². The van der Waals surface area contributed by atoms with Crippen LogP contribution in [0.2, 0.25) is 0 Å². The standard InChI is InChI=1S/C20H32O2/c1-2-3-4-5-6-7-8-12-15-20(21)16-17-22-18-19-13-10-9-11-14-19/h7-11,13-14,20-21H,2-6,12,15-18H2,1H3/b8-7-. The molecule has 0 saturated carbocycles. The summed E-state index contributed by atoms with van der Waals surface area (Å²) in [5.74, 6) is 0. The first-order valence-corrected chi connectivity index (χ1v) is 8.77. The van der Waals surface area contributed by atoms with Crippen molar-refractivity contribution in [2.24, 2.45) is 0 Å². The number of aliphatic hydroxyl groups excluding tert-OH is 1. The van der Waals surface area contributed by atoms with Crippen LogP contribution in [0.1, 0.15) is 63.9 Å². The van der Waals surface area contributed by atoms with Crippen LogP contribution in [0.3, 0.4) is 0 Å². The van der Waals surface area contributed by atoms with Gasteiger partial charge in [0.1, 0.15) is 0 Å². The van der Waals surface area contributed by atoms with Crippen LogP contribution < -0.4 is 0 Å². The van der Waals surface area contributed by atoms with E-state index in [1.807, 2.05) is 18.2 Å². The molecule has 0 aromatic heterocycles. The van der Waals surface area contributed by atoms with Gasteiger partial charge in [0.25, 0.3) is 0 Å². The number of allylic oxidation sites excluding steroid dienone is 2. The summed E-state index contributed by atoms with van der Waals surface area (Å²) in [4.78, 5) is 0. The summed E-state index contributed by atoms with van der Waals surface area (Å²) < 4.78 is 5.59. The Kier molecular flexibility index (Phi) is 11.6. The Morgan fingerprint density at radius 1 is 1.00 bits per heavy atom. The van der Waals surface area contributed by atoms with Crippen LogP contribution in [0.4, 0.5) is 0 Å². The molecule has 0 heterocycles. The minimum absolute atomic E-state index is 0.250. The zero-order valence-electron chi connectivity index (χ0n) is 14.0. The zero-order valence-corrected chi connectivity index (χ0v) is 14.0. The van der Waals surface area contributed by atoms with Gasteiger partial charge in [0.2, 0.25) is 0 Å². The molecule has 124 valence electrons. The van der Waals surface area contributed by atoms with Gasteiger partial charge in [0, 0.05) is 6.61 Å². The van der Waals surface area contributed by atoms with Gasteiger partial charge in [0.05, 0.1) is 12.7 Å². The third kappa shape index (κ3) is 10.6. The molecule has 1 atom stereocenters. The molecule has 0 radical (unpaired) electrons. The van der Waals surface area contributed by atoms with Crippen molar-refractivity contribution in [2.75, 3.05) is 6.61 Å². The van der Waals surface area contributed by atoms with Gasteiger partial charge >= 0.3 is 0 Å². The number of hydrogen-bond donors (Lipinski definition) is 1. The lowest BCUT2D eigenvalue weighted by Crippen LogP contribution is -2.10. The number of aliphatic hydroxyl groups is 1. The van der Waals surface area contributed by atoms with E-state index in [1.54, 1.807) is 0 Å². The van der Waals surface area contributed by atoms with Crippen LogP contribution in [0.5, 0.6) is 0 Å². The van der Waals surface area contributed by atoms with E-state index in [4.69, 9.17) is 4.74 Å². The lowest BCUT2D eigenvalue weighted by molar-refractivity contribution is 0.0705. The molecule has 0 aliphatic carbocycles. The van der Waals surface area contributed by atoms with E-state index in [-0.39, 0.29) is 6.10 Å². The first kappa shape index (κ1) is 18.9. The fourth-order valence-electron chi connectivity index (χ4n) is 2.34. The van der Waals surface area contributed by atoms with E-state index in [1.165, 1.54) is 37.7 Å². The summed E-state index contributed by atoms with van der Waals surface area (Å²) >= 11 is 0. The average molecular weight is 304 g/mol. The average Bonchev–Trinajstić information content (AvgIpc) is 2.55. The molecule has 0 bridgehead atoms.